The Balaban J connectivity index is 2.10. The molecule has 0 amide bonds. The van der Waals surface area contributed by atoms with Crippen LogP contribution < -0.4 is 10.1 Å². The predicted octanol–water partition coefficient (Wildman–Crippen LogP) is 3.14. The second-order valence-corrected chi connectivity index (χ2v) is 4.55. The van der Waals surface area contributed by atoms with Gasteiger partial charge in [-0.3, -0.25) is 0 Å². The van der Waals surface area contributed by atoms with Crippen molar-refractivity contribution in [1.82, 2.24) is 9.97 Å². The van der Waals surface area contributed by atoms with Crippen LogP contribution in [0.3, 0.4) is 0 Å². The minimum absolute atomic E-state index is 0.0921. The van der Waals surface area contributed by atoms with Gasteiger partial charge in [-0.05, 0) is 36.2 Å². The van der Waals surface area contributed by atoms with Crippen molar-refractivity contribution in [2.24, 2.45) is 0 Å². The number of nitrogens with one attached hydrogen (secondary N) is 1. The van der Waals surface area contributed by atoms with Gasteiger partial charge in [0.15, 0.2) is 5.75 Å². The number of hydrogen-bond donors (Lipinski definition) is 1. The van der Waals surface area contributed by atoms with Crippen LogP contribution in [0.2, 0.25) is 5.28 Å². The van der Waals surface area contributed by atoms with Gasteiger partial charge in [-0.2, -0.15) is 5.26 Å². The van der Waals surface area contributed by atoms with Crippen molar-refractivity contribution in [2.45, 2.75) is 6.92 Å². The van der Waals surface area contributed by atoms with E-state index in [0.29, 0.717) is 22.9 Å². The fraction of sp³-hybridized carbons (Fsp3) is 0.0714. The van der Waals surface area contributed by atoms with Crippen LogP contribution in [-0.4, -0.2) is 9.97 Å². The maximum Gasteiger partial charge on any atom is 0.222 e. The van der Waals surface area contributed by atoms with Gasteiger partial charge in [0.1, 0.15) is 11.6 Å². The van der Waals surface area contributed by atoms with Gasteiger partial charge in [0.25, 0.3) is 0 Å². The number of hydrogen-bond acceptors (Lipinski definition) is 5. The Morgan fingerprint density at radius 2 is 2.20 bits per heavy atom. The summed E-state index contributed by atoms with van der Waals surface area (Å²) < 4.78 is 5.65. The van der Waals surface area contributed by atoms with E-state index in [9.17, 15) is 5.26 Å². The van der Waals surface area contributed by atoms with Gasteiger partial charge in [-0.25, -0.2) is 9.97 Å². The van der Waals surface area contributed by atoms with E-state index in [4.69, 9.17) is 16.3 Å². The van der Waals surface area contributed by atoms with Gasteiger partial charge in [-0.1, -0.05) is 12.1 Å². The molecule has 0 fully saturated rings. The molecule has 1 aliphatic rings. The van der Waals surface area contributed by atoms with Gasteiger partial charge in [-0.15, -0.1) is 0 Å². The minimum atomic E-state index is 0.0921. The topological polar surface area (TPSA) is 70.8 Å². The van der Waals surface area contributed by atoms with Crippen molar-refractivity contribution in [3.05, 3.63) is 52.9 Å². The molecule has 0 bridgehead atoms. The number of rotatable bonds is 1. The molecular weight excluding hydrogens is 276 g/mol. The van der Waals surface area contributed by atoms with E-state index in [-0.39, 0.29) is 5.28 Å². The largest absolute Gasteiger partial charge is 0.437 e. The fourth-order valence-corrected chi connectivity index (χ4v) is 2.05. The van der Waals surface area contributed by atoms with Gasteiger partial charge >= 0.3 is 0 Å². The van der Waals surface area contributed by atoms with E-state index >= 15 is 0 Å². The molecule has 1 aromatic carbocycles. The molecule has 0 spiro atoms. The summed E-state index contributed by atoms with van der Waals surface area (Å²) in [5, 5.41) is 12.6. The van der Waals surface area contributed by atoms with Crippen LogP contribution >= 0.6 is 11.6 Å². The molecule has 3 rings (SSSR count). The zero-order valence-electron chi connectivity index (χ0n) is 10.5. The lowest BCUT2D eigenvalue weighted by molar-refractivity contribution is 0.460. The summed E-state index contributed by atoms with van der Waals surface area (Å²) in [7, 11) is 0. The fourth-order valence-electron chi connectivity index (χ4n) is 1.92. The lowest BCUT2D eigenvalue weighted by Gasteiger charge is -2.06. The normalized spacial score (nSPS) is 14.8. The lowest BCUT2D eigenvalue weighted by Crippen LogP contribution is -2.05. The van der Waals surface area contributed by atoms with Crippen molar-refractivity contribution in [3.63, 3.8) is 0 Å². The summed E-state index contributed by atoms with van der Waals surface area (Å²) in [6.45, 7) is 1.81. The molecule has 2 aromatic rings. The number of aryl methyl sites for hydroxylation is 1. The highest BCUT2D eigenvalue weighted by molar-refractivity contribution is 6.28. The van der Waals surface area contributed by atoms with E-state index in [1.807, 2.05) is 31.2 Å². The maximum absolute atomic E-state index is 9.40. The Bertz CT molecular complexity index is 737. The summed E-state index contributed by atoms with van der Waals surface area (Å²) in [5.74, 6) is 1.03. The van der Waals surface area contributed by atoms with Crippen molar-refractivity contribution >= 4 is 22.9 Å². The monoisotopic (exact) mass is 284 g/mol. The standard InChI is InChI=1S/C14H9ClN4O/c1-8-7-17-14(15)19-12(8)9(6-16)13-18-10-4-2-3-5-11(10)20-13/h2-5,7,18H,1H3/b13-9-. The number of allylic oxidation sites excluding steroid dienone is 1. The number of nitriles is 1. The van der Waals surface area contributed by atoms with Crippen molar-refractivity contribution in [1.29, 1.82) is 5.26 Å². The van der Waals surface area contributed by atoms with E-state index < -0.39 is 0 Å². The van der Waals surface area contributed by atoms with Crippen molar-refractivity contribution in [3.8, 4) is 11.8 Å². The third kappa shape index (κ3) is 2.06. The van der Waals surface area contributed by atoms with Crippen LogP contribution in [0.5, 0.6) is 5.75 Å². The van der Waals surface area contributed by atoms with Crippen LogP contribution in [-0.2, 0) is 0 Å². The third-order valence-electron chi connectivity index (χ3n) is 2.87. The number of anilines is 1. The summed E-state index contributed by atoms with van der Waals surface area (Å²) in [5.41, 5.74) is 2.32. The number of fused-ring (bicyclic) bond motifs is 1. The first-order valence-corrected chi connectivity index (χ1v) is 6.24. The van der Waals surface area contributed by atoms with Crippen LogP contribution in [0.15, 0.2) is 36.3 Å². The Kier molecular flexibility index (Phi) is 3.01. The molecule has 6 heteroatoms. The number of halogens is 1. The highest BCUT2D eigenvalue weighted by Crippen LogP contribution is 2.35. The quantitative estimate of drug-likeness (QED) is 0.643. The summed E-state index contributed by atoms with van der Waals surface area (Å²) in [6.07, 6.45) is 1.57. The van der Waals surface area contributed by atoms with Crippen LogP contribution in [0.4, 0.5) is 5.69 Å². The maximum atomic E-state index is 9.40. The van der Waals surface area contributed by atoms with Gasteiger partial charge in [0, 0.05) is 6.20 Å². The minimum Gasteiger partial charge on any atom is -0.437 e. The first-order valence-electron chi connectivity index (χ1n) is 5.87. The second-order valence-electron chi connectivity index (χ2n) is 4.21. The van der Waals surface area contributed by atoms with Crippen LogP contribution in [0.25, 0.3) is 5.57 Å². The SMILES string of the molecule is Cc1cnc(Cl)nc1/C(C#N)=C1/Nc2ccccc2O1. The Morgan fingerprint density at radius 3 is 2.95 bits per heavy atom. The molecule has 0 saturated heterocycles. The zero-order valence-corrected chi connectivity index (χ0v) is 11.3. The molecule has 98 valence electrons. The zero-order chi connectivity index (χ0) is 14.1. The van der Waals surface area contributed by atoms with Gasteiger partial charge in [0.2, 0.25) is 11.2 Å². The van der Waals surface area contributed by atoms with Gasteiger partial charge in [0.05, 0.1) is 11.4 Å². The number of ether oxygens (including phenoxy) is 1. The number of aromatic nitrogens is 2. The average Bonchev–Trinajstić information content (AvgIpc) is 2.87. The first-order chi connectivity index (χ1) is 9.69. The highest BCUT2D eigenvalue weighted by Gasteiger charge is 2.22. The molecule has 0 atom stereocenters. The molecule has 1 aromatic heterocycles. The molecule has 2 heterocycles. The Hall–Kier alpha value is -2.58. The smallest absolute Gasteiger partial charge is 0.222 e. The summed E-state index contributed by atoms with van der Waals surface area (Å²) in [4.78, 5) is 7.99. The molecule has 20 heavy (non-hydrogen) atoms. The van der Waals surface area contributed by atoms with E-state index in [1.54, 1.807) is 6.20 Å². The third-order valence-corrected chi connectivity index (χ3v) is 3.05. The second kappa shape index (κ2) is 4.83. The highest BCUT2D eigenvalue weighted by atomic mass is 35.5. The molecule has 1 aliphatic heterocycles. The average molecular weight is 285 g/mol. The number of benzene rings is 1. The Morgan fingerprint density at radius 1 is 1.40 bits per heavy atom. The molecule has 5 nitrogen and oxygen atoms in total. The molecule has 1 N–H and O–H groups in total. The van der Waals surface area contributed by atoms with Crippen LogP contribution in [0, 0.1) is 18.3 Å². The molecule has 0 saturated carbocycles. The summed E-state index contributed by atoms with van der Waals surface area (Å²) >= 11 is 5.80. The Labute approximate surface area is 120 Å². The first kappa shape index (κ1) is 12.5. The van der Waals surface area contributed by atoms with Gasteiger partial charge < -0.3 is 10.1 Å². The van der Waals surface area contributed by atoms with Crippen LogP contribution in [0.1, 0.15) is 11.3 Å². The molecule has 0 radical (unpaired) electrons. The van der Waals surface area contributed by atoms with Crippen molar-refractivity contribution < 1.29 is 4.74 Å². The lowest BCUT2D eigenvalue weighted by atomic mass is 10.1. The van der Waals surface area contributed by atoms with E-state index in [1.165, 1.54) is 0 Å². The van der Waals surface area contributed by atoms with Crippen molar-refractivity contribution in [2.75, 3.05) is 5.32 Å². The molecule has 0 unspecified atom stereocenters. The number of para-hydroxylation sites is 2. The molecule has 0 aliphatic carbocycles. The predicted molar refractivity (Wildman–Crippen MR) is 75.0 cm³/mol. The number of nitrogens with zero attached hydrogens (tertiary/aromatic N) is 3. The molecular formula is C14H9ClN4O. The van der Waals surface area contributed by atoms with E-state index in [0.717, 1.165) is 11.3 Å². The van der Waals surface area contributed by atoms with E-state index in [2.05, 4.69) is 21.4 Å². The summed E-state index contributed by atoms with van der Waals surface area (Å²) in [6, 6.07) is 9.55.